The first-order valence-electron chi connectivity index (χ1n) is 6.52. The van der Waals surface area contributed by atoms with Gasteiger partial charge in [0.1, 0.15) is 5.82 Å². The normalized spacial score (nSPS) is 15.7. The number of amides is 1. The van der Waals surface area contributed by atoms with Crippen molar-refractivity contribution in [1.82, 2.24) is 4.90 Å². The van der Waals surface area contributed by atoms with Gasteiger partial charge in [-0.15, -0.1) is 0 Å². The summed E-state index contributed by atoms with van der Waals surface area (Å²) in [5.74, 6) is -1.64. The van der Waals surface area contributed by atoms with Crippen LogP contribution in [0.25, 0.3) is 0 Å². The minimum absolute atomic E-state index is 0.108. The van der Waals surface area contributed by atoms with Gasteiger partial charge >= 0.3 is 5.97 Å². The van der Waals surface area contributed by atoms with Gasteiger partial charge in [-0.2, -0.15) is 0 Å². The molecule has 1 aliphatic rings. The zero-order valence-electron chi connectivity index (χ0n) is 11.3. The second kappa shape index (κ2) is 6.00. The van der Waals surface area contributed by atoms with Gasteiger partial charge in [0.25, 0.3) is 0 Å². The summed E-state index contributed by atoms with van der Waals surface area (Å²) in [6.07, 6.45) is 0. The van der Waals surface area contributed by atoms with Gasteiger partial charge in [0.2, 0.25) is 5.91 Å². The van der Waals surface area contributed by atoms with Crippen LogP contribution in [-0.4, -0.2) is 48.1 Å². The van der Waals surface area contributed by atoms with Crippen LogP contribution in [0.4, 0.5) is 10.1 Å². The van der Waals surface area contributed by atoms with Crippen molar-refractivity contribution in [1.29, 1.82) is 0 Å². The van der Waals surface area contributed by atoms with Gasteiger partial charge in [-0.1, -0.05) is 0 Å². The number of carbonyl (C=O) groups is 2. The van der Waals surface area contributed by atoms with E-state index in [2.05, 4.69) is 0 Å². The van der Waals surface area contributed by atoms with Gasteiger partial charge in [-0.05, 0) is 31.2 Å². The molecule has 0 aliphatic carbocycles. The molecule has 6 heteroatoms. The maximum Gasteiger partial charge on any atom is 0.309 e. The third kappa shape index (κ3) is 3.14. The summed E-state index contributed by atoms with van der Waals surface area (Å²) >= 11 is 0. The molecular weight excluding hydrogens is 263 g/mol. The van der Waals surface area contributed by atoms with Crippen LogP contribution in [0.1, 0.15) is 6.92 Å². The second-order valence-electron chi connectivity index (χ2n) is 4.84. The number of hydrogen-bond acceptors (Lipinski definition) is 3. The fourth-order valence-corrected chi connectivity index (χ4v) is 2.26. The molecule has 108 valence electrons. The first-order valence-corrected chi connectivity index (χ1v) is 6.52. The first kappa shape index (κ1) is 14.5. The average Bonchev–Trinajstić information content (AvgIpc) is 2.36. The smallest absolute Gasteiger partial charge is 0.309 e. The van der Waals surface area contributed by atoms with Crippen LogP contribution in [0.3, 0.4) is 0 Å². The molecule has 1 amide bonds. The Morgan fingerprint density at radius 2 is 1.95 bits per heavy atom. The summed E-state index contributed by atoms with van der Waals surface area (Å²) in [7, 11) is 0. The molecule has 0 atom stereocenters. The topological polar surface area (TPSA) is 60.9 Å². The Hall–Kier alpha value is -1.95. The molecule has 1 fully saturated rings. The number of carbonyl (C=O) groups excluding carboxylic acids is 1. The van der Waals surface area contributed by atoms with Crippen LogP contribution in [0.2, 0.25) is 0 Å². The highest BCUT2D eigenvalue weighted by Crippen LogP contribution is 2.18. The van der Waals surface area contributed by atoms with Gasteiger partial charge in [0, 0.05) is 25.3 Å². The molecule has 5 nitrogen and oxygen atoms in total. The summed E-state index contributed by atoms with van der Waals surface area (Å²) in [4.78, 5) is 26.2. The van der Waals surface area contributed by atoms with E-state index >= 15 is 0 Å². The second-order valence-corrected chi connectivity index (χ2v) is 4.84. The van der Waals surface area contributed by atoms with Crippen LogP contribution in [0.5, 0.6) is 0 Å². The van der Waals surface area contributed by atoms with E-state index in [0.717, 1.165) is 0 Å². The van der Waals surface area contributed by atoms with Crippen molar-refractivity contribution in [2.24, 2.45) is 5.92 Å². The lowest BCUT2D eigenvalue weighted by Gasteiger charge is -2.37. The Morgan fingerprint density at radius 3 is 2.45 bits per heavy atom. The lowest BCUT2D eigenvalue weighted by Crippen LogP contribution is -2.54. The predicted octanol–water partition coefficient (Wildman–Crippen LogP) is 1.19. The summed E-state index contributed by atoms with van der Waals surface area (Å²) in [6, 6.07) is 5.75. The number of hydrogen-bond donors (Lipinski definition) is 1. The van der Waals surface area contributed by atoms with Gasteiger partial charge in [-0.25, -0.2) is 4.39 Å². The molecule has 0 unspecified atom stereocenters. The number of nitrogens with zero attached hydrogens (tertiary/aromatic N) is 2. The lowest BCUT2D eigenvalue weighted by atomic mass is 10.0. The van der Waals surface area contributed by atoms with E-state index in [1.807, 2.05) is 6.92 Å². The predicted molar refractivity (Wildman–Crippen MR) is 72.0 cm³/mol. The average molecular weight is 280 g/mol. The minimum atomic E-state index is -0.820. The van der Waals surface area contributed by atoms with Gasteiger partial charge in [-0.3, -0.25) is 14.5 Å². The number of aliphatic carboxylic acids is 1. The molecule has 1 heterocycles. The van der Waals surface area contributed by atoms with Crippen molar-refractivity contribution in [2.45, 2.75) is 6.92 Å². The standard InChI is InChI=1S/C14H17FN2O3/c1-2-17(12-5-3-11(15)4-6-12)13(18)9-16-7-10(8-16)14(19)20/h3-6,10H,2,7-9H2,1H3,(H,19,20). The Morgan fingerprint density at radius 1 is 1.35 bits per heavy atom. The van der Waals surface area contributed by atoms with Crippen LogP contribution in [0, 0.1) is 11.7 Å². The maximum absolute atomic E-state index is 12.9. The fraction of sp³-hybridized carbons (Fsp3) is 0.429. The molecule has 0 spiro atoms. The number of halogens is 1. The third-order valence-corrected chi connectivity index (χ3v) is 3.42. The van der Waals surface area contributed by atoms with E-state index in [-0.39, 0.29) is 24.2 Å². The number of carboxylic acids is 1. The van der Waals surface area contributed by atoms with E-state index in [4.69, 9.17) is 5.11 Å². The van der Waals surface area contributed by atoms with Crippen molar-refractivity contribution in [3.63, 3.8) is 0 Å². The molecule has 0 bridgehead atoms. The van der Waals surface area contributed by atoms with Crippen molar-refractivity contribution in [2.75, 3.05) is 31.1 Å². The molecule has 0 radical (unpaired) electrons. The van der Waals surface area contributed by atoms with Crippen LogP contribution in [0.15, 0.2) is 24.3 Å². The first-order chi connectivity index (χ1) is 9.51. The number of carboxylic acid groups (broad SMARTS) is 1. The summed E-state index contributed by atoms with van der Waals surface area (Å²) in [5, 5.41) is 8.79. The van der Waals surface area contributed by atoms with E-state index in [0.29, 0.717) is 25.3 Å². The monoisotopic (exact) mass is 280 g/mol. The Balaban J connectivity index is 1.93. The number of anilines is 1. The Labute approximate surface area is 116 Å². The summed E-state index contributed by atoms with van der Waals surface area (Å²) in [6.45, 7) is 3.33. The number of benzene rings is 1. The van der Waals surface area contributed by atoms with Crippen molar-refractivity contribution in [3.8, 4) is 0 Å². The zero-order chi connectivity index (χ0) is 14.7. The zero-order valence-corrected chi connectivity index (χ0v) is 11.3. The highest BCUT2D eigenvalue weighted by molar-refractivity contribution is 5.94. The number of likely N-dealkylation sites (tertiary alicyclic amines) is 1. The Bertz CT molecular complexity index is 498. The van der Waals surface area contributed by atoms with E-state index < -0.39 is 5.97 Å². The highest BCUT2D eigenvalue weighted by atomic mass is 19.1. The quantitative estimate of drug-likeness (QED) is 0.880. The fourth-order valence-electron chi connectivity index (χ4n) is 2.26. The van der Waals surface area contributed by atoms with Crippen LogP contribution in [-0.2, 0) is 9.59 Å². The molecule has 0 aromatic heterocycles. The molecule has 2 rings (SSSR count). The summed E-state index contributed by atoms with van der Waals surface area (Å²) in [5.41, 5.74) is 0.647. The van der Waals surface area contributed by atoms with Crippen LogP contribution < -0.4 is 4.90 Å². The Kier molecular flexibility index (Phi) is 4.34. The molecule has 20 heavy (non-hydrogen) atoms. The minimum Gasteiger partial charge on any atom is -0.481 e. The van der Waals surface area contributed by atoms with Gasteiger partial charge < -0.3 is 10.0 Å². The molecule has 1 aromatic carbocycles. The lowest BCUT2D eigenvalue weighted by molar-refractivity contribution is -0.148. The van der Waals surface area contributed by atoms with E-state index in [9.17, 15) is 14.0 Å². The molecular formula is C14H17FN2O3. The van der Waals surface area contributed by atoms with E-state index in [1.165, 1.54) is 12.1 Å². The third-order valence-electron chi connectivity index (χ3n) is 3.42. The molecule has 1 N–H and O–H groups in total. The molecule has 0 saturated carbocycles. The SMILES string of the molecule is CCN(C(=O)CN1CC(C(=O)O)C1)c1ccc(F)cc1. The molecule has 1 saturated heterocycles. The molecule has 1 aliphatic heterocycles. The van der Waals surface area contributed by atoms with Crippen molar-refractivity contribution < 1.29 is 19.1 Å². The van der Waals surface area contributed by atoms with Gasteiger partial charge in [0.15, 0.2) is 0 Å². The van der Waals surface area contributed by atoms with Crippen molar-refractivity contribution >= 4 is 17.6 Å². The number of rotatable bonds is 5. The highest BCUT2D eigenvalue weighted by Gasteiger charge is 2.34. The molecule has 1 aromatic rings. The maximum atomic E-state index is 12.9. The van der Waals surface area contributed by atoms with Crippen molar-refractivity contribution in [3.05, 3.63) is 30.1 Å². The number of likely N-dealkylation sites (N-methyl/N-ethyl adjacent to an activating group) is 1. The largest absolute Gasteiger partial charge is 0.481 e. The van der Waals surface area contributed by atoms with Gasteiger partial charge in [0.05, 0.1) is 12.5 Å². The van der Waals surface area contributed by atoms with E-state index in [1.54, 1.807) is 21.9 Å². The van der Waals surface area contributed by atoms with Crippen LogP contribution >= 0.6 is 0 Å². The summed E-state index contributed by atoms with van der Waals surface area (Å²) < 4.78 is 12.9.